The molecule has 164 valence electrons. The van der Waals surface area contributed by atoms with Gasteiger partial charge in [0.15, 0.2) is 5.69 Å². The molecule has 0 saturated carbocycles. The smallest absolute Gasteiger partial charge is 0.272 e. The van der Waals surface area contributed by atoms with E-state index in [1.807, 2.05) is 19.1 Å². The third-order valence-electron chi connectivity index (χ3n) is 5.52. The molecule has 4 rings (SSSR count). The lowest BCUT2D eigenvalue weighted by atomic mass is 9.96. The van der Waals surface area contributed by atoms with Crippen molar-refractivity contribution in [3.8, 4) is 5.75 Å². The molecule has 2 N–H and O–H groups in total. The van der Waals surface area contributed by atoms with Gasteiger partial charge in [-0.3, -0.25) is 14.8 Å². The van der Waals surface area contributed by atoms with E-state index in [0.717, 1.165) is 55.8 Å². The average Bonchev–Trinajstić information content (AvgIpc) is 3.42. The normalized spacial score (nSPS) is 14.3. The molecule has 0 aliphatic heterocycles. The van der Waals surface area contributed by atoms with Crippen molar-refractivity contribution in [1.29, 1.82) is 0 Å². The van der Waals surface area contributed by atoms with Crippen LogP contribution in [-0.2, 0) is 25.9 Å². The van der Waals surface area contributed by atoms with Gasteiger partial charge in [-0.2, -0.15) is 5.10 Å². The van der Waals surface area contributed by atoms with Crippen molar-refractivity contribution in [2.45, 2.75) is 51.8 Å². The summed E-state index contributed by atoms with van der Waals surface area (Å²) in [6.07, 6.45) is 4.04. The predicted octanol–water partition coefficient (Wildman–Crippen LogP) is 4.18. The van der Waals surface area contributed by atoms with E-state index in [4.69, 9.17) is 4.74 Å². The monoisotopic (exact) mass is 438 g/mol. The number of carbonyl (C=O) groups is 1. The number of hydrogen-bond acceptors (Lipinski definition) is 5. The van der Waals surface area contributed by atoms with E-state index in [2.05, 4.69) is 57.1 Å². The number of aromatic nitrogens is 2. The topological polar surface area (TPSA) is 70.2 Å². The zero-order chi connectivity index (χ0) is 21.6. The van der Waals surface area contributed by atoms with Crippen LogP contribution in [0.15, 0.2) is 41.8 Å². The van der Waals surface area contributed by atoms with Crippen molar-refractivity contribution in [1.82, 2.24) is 20.4 Å². The number of rotatable bonds is 9. The molecule has 2 heterocycles. The standard InChI is InChI=1S/C24H30N4O2S/c1-17(14-25-24(29)23-21-10-3-4-11-22(21)26-27-23)30-19-8-5-7-18(13-19)15-28(2)16-20-9-6-12-31-20/h5-9,12-13,17H,3-4,10-11,14-16H2,1-2H3,(H,25,29)(H,26,27). The highest BCUT2D eigenvalue weighted by Crippen LogP contribution is 2.22. The molecule has 7 heteroatoms. The van der Waals surface area contributed by atoms with Crippen molar-refractivity contribution in [2.24, 2.45) is 0 Å². The maximum Gasteiger partial charge on any atom is 0.272 e. The summed E-state index contributed by atoms with van der Waals surface area (Å²) in [5.74, 6) is 0.694. The van der Waals surface area contributed by atoms with E-state index >= 15 is 0 Å². The van der Waals surface area contributed by atoms with Crippen LogP contribution in [0, 0.1) is 0 Å². The first-order valence-electron chi connectivity index (χ1n) is 10.9. The van der Waals surface area contributed by atoms with Crippen molar-refractivity contribution in [3.63, 3.8) is 0 Å². The first kappa shape index (κ1) is 21.6. The predicted molar refractivity (Wildman–Crippen MR) is 124 cm³/mol. The molecule has 3 aromatic rings. The highest BCUT2D eigenvalue weighted by atomic mass is 32.1. The molecular weight excluding hydrogens is 408 g/mol. The number of nitrogens with one attached hydrogen (secondary N) is 2. The van der Waals surface area contributed by atoms with E-state index in [0.29, 0.717) is 12.2 Å². The van der Waals surface area contributed by atoms with E-state index in [1.165, 1.54) is 10.4 Å². The first-order valence-corrected chi connectivity index (χ1v) is 11.8. The Morgan fingerprint density at radius 3 is 2.97 bits per heavy atom. The van der Waals surface area contributed by atoms with Gasteiger partial charge in [0, 0.05) is 29.2 Å². The Labute approximate surface area is 187 Å². The number of thiophene rings is 1. The largest absolute Gasteiger partial charge is 0.489 e. The molecule has 1 amide bonds. The van der Waals surface area contributed by atoms with Crippen LogP contribution in [0.3, 0.4) is 0 Å². The fraction of sp³-hybridized carbons (Fsp3) is 0.417. The minimum Gasteiger partial charge on any atom is -0.489 e. The second-order valence-corrected chi connectivity index (χ2v) is 9.31. The third kappa shape index (κ3) is 5.74. The lowest BCUT2D eigenvalue weighted by Gasteiger charge is -2.18. The minimum atomic E-state index is -0.141. The highest BCUT2D eigenvalue weighted by Gasteiger charge is 2.22. The van der Waals surface area contributed by atoms with Crippen LogP contribution >= 0.6 is 11.3 Å². The van der Waals surface area contributed by atoms with Crippen LogP contribution in [0.5, 0.6) is 5.75 Å². The number of fused-ring (bicyclic) bond motifs is 1. The van der Waals surface area contributed by atoms with Crippen LogP contribution in [0.4, 0.5) is 0 Å². The number of hydrogen-bond donors (Lipinski definition) is 2. The molecule has 2 aromatic heterocycles. The minimum absolute atomic E-state index is 0.126. The summed E-state index contributed by atoms with van der Waals surface area (Å²) in [6, 6.07) is 12.4. The summed E-state index contributed by atoms with van der Waals surface area (Å²) in [7, 11) is 2.12. The van der Waals surface area contributed by atoms with Crippen LogP contribution in [-0.4, -0.2) is 40.7 Å². The molecule has 1 atom stereocenters. The lowest BCUT2D eigenvalue weighted by molar-refractivity contribution is 0.0926. The van der Waals surface area contributed by atoms with Gasteiger partial charge >= 0.3 is 0 Å². The van der Waals surface area contributed by atoms with Crippen molar-refractivity contribution in [3.05, 3.63) is 69.2 Å². The number of aryl methyl sites for hydroxylation is 1. The van der Waals surface area contributed by atoms with Crippen molar-refractivity contribution >= 4 is 17.2 Å². The first-order chi connectivity index (χ1) is 15.1. The van der Waals surface area contributed by atoms with Gasteiger partial charge in [-0.1, -0.05) is 18.2 Å². The summed E-state index contributed by atoms with van der Waals surface area (Å²) in [4.78, 5) is 16.2. The molecule has 0 radical (unpaired) electrons. The molecule has 0 spiro atoms. The average molecular weight is 439 g/mol. The van der Waals surface area contributed by atoms with Crippen LogP contribution < -0.4 is 10.1 Å². The van der Waals surface area contributed by atoms with E-state index in [9.17, 15) is 4.79 Å². The maximum atomic E-state index is 12.6. The molecule has 6 nitrogen and oxygen atoms in total. The van der Waals surface area contributed by atoms with Crippen LogP contribution in [0.2, 0.25) is 0 Å². The molecule has 0 saturated heterocycles. The summed E-state index contributed by atoms with van der Waals surface area (Å²) >= 11 is 1.78. The second kappa shape index (κ2) is 10.1. The summed E-state index contributed by atoms with van der Waals surface area (Å²) in [5.41, 5.74) is 3.94. The summed E-state index contributed by atoms with van der Waals surface area (Å²) in [5, 5.41) is 12.4. The van der Waals surface area contributed by atoms with Crippen LogP contribution in [0.1, 0.15) is 52.0 Å². The third-order valence-corrected chi connectivity index (χ3v) is 6.38. The number of ether oxygens (including phenoxy) is 1. The number of amides is 1. The van der Waals surface area contributed by atoms with Gasteiger partial charge in [0.25, 0.3) is 5.91 Å². The number of benzene rings is 1. The van der Waals surface area contributed by atoms with Gasteiger partial charge in [0.05, 0.1) is 6.54 Å². The molecule has 1 aliphatic carbocycles. The number of H-pyrrole nitrogens is 1. The highest BCUT2D eigenvalue weighted by molar-refractivity contribution is 7.09. The van der Waals surface area contributed by atoms with Gasteiger partial charge < -0.3 is 10.1 Å². The fourth-order valence-electron chi connectivity index (χ4n) is 4.02. The zero-order valence-corrected chi connectivity index (χ0v) is 19.0. The van der Waals surface area contributed by atoms with Gasteiger partial charge in [0.2, 0.25) is 0 Å². The van der Waals surface area contributed by atoms with E-state index in [1.54, 1.807) is 11.3 Å². The quantitative estimate of drug-likeness (QED) is 0.526. The number of carbonyl (C=O) groups excluding carboxylic acids is 1. The van der Waals surface area contributed by atoms with Crippen LogP contribution in [0.25, 0.3) is 0 Å². The Morgan fingerprint density at radius 1 is 1.26 bits per heavy atom. The molecule has 0 bridgehead atoms. The number of aromatic amines is 1. The SMILES string of the molecule is CC(CNC(=O)c1n[nH]c2c1CCCC2)Oc1cccc(CN(C)Cc2cccs2)c1. The summed E-state index contributed by atoms with van der Waals surface area (Å²) < 4.78 is 6.06. The Kier molecular flexibility index (Phi) is 7.04. The van der Waals surface area contributed by atoms with Crippen molar-refractivity contribution in [2.75, 3.05) is 13.6 Å². The second-order valence-electron chi connectivity index (χ2n) is 8.27. The molecule has 0 fully saturated rings. The molecule has 31 heavy (non-hydrogen) atoms. The summed E-state index contributed by atoms with van der Waals surface area (Å²) in [6.45, 7) is 4.19. The maximum absolute atomic E-state index is 12.6. The molecule has 1 aliphatic rings. The Morgan fingerprint density at radius 2 is 2.13 bits per heavy atom. The van der Waals surface area contributed by atoms with Gasteiger partial charge in [-0.05, 0) is 68.8 Å². The Hall–Kier alpha value is -2.64. The van der Waals surface area contributed by atoms with E-state index < -0.39 is 0 Å². The Bertz CT molecular complexity index is 999. The lowest BCUT2D eigenvalue weighted by Crippen LogP contribution is -2.34. The van der Waals surface area contributed by atoms with Gasteiger partial charge in [-0.25, -0.2) is 0 Å². The molecular formula is C24H30N4O2S. The van der Waals surface area contributed by atoms with Crippen molar-refractivity contribution < 1.29 is 9.53 Å². The van der Waals surface area contributed by atoms with E-state index in [-0.39, 0.29) is 12.0 Å². The Balaban J connectivity index is 1.27. The number of nitrogens with zero attached hydrogens (tertiary/aromatic N) is 2. The fourth-order valence-corrected chi connectivity index (χ4v) is 4.80. The van der Waals surface area contributed by atoms with Gasteiger partial charge in [-0.15, -0.1) is 11.3 Å². The molecule has 1 aromatic carbocycles. The zero-order valence-electron chi connectivity index (χ0n) is 18.2. The molecule has 1 unspecified atom stereocenters. The van der Waals surface area contributed by atoms with Gasteiger partial charge in [0.1, 0.15) is 11.9 Å².